The Bertz CT molecular complexity index is 229. The third-order valence-corrected chi connectivity index (χ3v) is 3.92. The van der Waals surface area contributed by atoms with Gasteiger partial charge in [-0.2, -0.15) is 0 Å². The highest BCUT2D eigenvalue weighted by Crippen LogP contribution is 2.15. The van der Waals surface area contributed by atoms with Crippen LogP contribution in [0, 0.1) is 0 Å². The number of nitrogens with two attached hydrogens (primary N) is 1. The summed E-state index contributed by atoms with van der Waals surface area (Å²) in [6.07, 6.45) is 1.10. The highest BCUT2D eigenvalue weighted by atomic mass is 16.5. The Morgan fingerprint density at radius 1 is 1.05 bits per heavy atom. The standard InChI is InChI=1S/C14H31N3O2/c1-14(2,13-15)17-8-6-16(7-9-17)5-4-10-19-12-11-18-3/h4-13,15H2,1-3H3. The van der Waals surface area contributed by atoms with Crippen molar-refractivity contribution in [3.8, 4) is 0 Å². The van der Waals surface area contributed by atoms with Crippen molar-refractivity contribution in [1.82, 2.24) is 9.80 Å². The van der Waals surface area contributed by atoms with Crippen molar-refractivity contribution in [2.45, 2.75) is 25.8 Å². The lowest BCUT2D eigenvalue weighted by Gasteiger charge is -2.43. The molecule has 0 aliphatic carbocycles. The van der Waals surface area contributed by atoms with Crippen LogP contribution in [0.5, 0.6) is 0 Å². The van der Waals surface area contributed by atoms with Gasteiger partial charge in [0, 0.05) is 58.5 Å². The van der Waals surface area contributed by atoms with E-state index in [0.29, 0.717) is 13.2 Å². The van der Waals surface area contributed by atoms with Crippen LogP contribution in [0.3, 0.4) is 0 Å². The molecule has 0 atom stereocenters. The van der Waals surface area contributed by atoms with Crippen molar-refractivity contribution < 1.29 is 9.47 Å². The molecule has 1 saturated heterocycles. The predicted molar refractivity (Wildman–Crippen MR) is 78.5 cm³/mol. The Labute approximate surface area is 118 Å². The van der Waals surface area contributed by atoms with E-state index in [2.05, 4.69) is 23.6 Å². The fourth-order valence-electron chi connectivity index (χ4n) is 2.34. The number of piperazine rings is 1. The lowest BCUT2D eigenvalue weighted by Crippen LogP contribution is -2.57. The van der Waals surface area contributed by atoms with Gasteiger partial charge in [-0.25, -0.2) is 0 Å². The Morgan fingerprint density at radius 2 is 1.74 bits per heavy atom. The van der Waals surface area contributed by atoms with E-state index in [9.17, 15) is 0 Å². The quantitative estimate of drug-likeness (QED) is 0.616. The highest BCUT2D eigenvalue weighted by Gasteiger charge is 2.28. The van der Waals surface area contributed by atoms with Crippen LogP contribution in [0.4, 0.5) is 0 Å². The molecule has 1 rings (SSSR count). The van der Waals surface area contributed by atoms with Crippen LogP contribution in [-0.2, 0) is 9.47 Å². The summed E-state index contributed by atoms with van der Waals surface area (Å²) in [6.45, 7) is 13.1. The maximum Gasteiger partial charge on any atom is 0.0700 e. The molecule has 0 bridgehead atoms. The number of ether oxygens (including phenoxy) is 2. The number of nitrogens with zero attached hydrogens (tertiary/aromatic N) is 2. The van der Waals surface area contributed by atoms with Crippen molar-refractivity contribution in [2.75, 3.05) is 66.2 Å². The van der Waals surface area contributed by atoms with Gasteiger partial charge in [-0.3, -0.25) is 4.90 Å². The summed E-state index contributed by atoms with van der Waals surface area (Å²) in [6, 6.07) is 0. The smallest absolute Gasteiger partial charge is 0.0700 e. The van der Waals surface area contributed by atoms with Gasteiger partial charge < -0.3 is 20.1 Å². The van der Waals surface area contributed by atoms with E-state index >= 15 is 0 Å². The zero-order valence-electron chi connectivity index (χ0n) is 12.9. The molecule has 2 N–H and O–H groups in total. The van der Waals surface area contributed by atoms with Gasteiger partial charge in [0.1, 0.15) is 0 Å². The Balaban J connectivity index is 2.07. The molecule has 0 spiro atoms. The zero-order valence-corrected chi connectivity index (χ0v) is 12.9. The minimum Gasteiger partial charge on any atom is -0.382 e. The van der Waals surface area contributed by atoms with E-state index in [4.69, 9.17) is 15.2 Å². The molecular weight excluding hydrogens is 242 g/mol. The first-order valence-electron chi connectivity index (χ1n) is 7.34. The molecule has 5 nitrogen and oxygen atoms in total. The van der Waals surface area contributed by atoms with Gasteiger partial charge in [-0.05, 0) is 20.3 Å². The molecule has 0 radical (unpaired) electrons. The van der Waals surface area contributed by atoms with Crippen LogP contribution in [0.1, 0.15) is 20.3 Å². The summed E-state index contributed by atoms with van der Waals surface area (Å²) < 4.78 is 10.4. The predicted octanol–water partition coefficient (Wildman–Crippen LogP) is 0.394. The van der Waals surface area contributed by atoms with Gasteiger partial charge in [0.2, 0.25) is 0 Å². The average Bonchev–Trinajstić information content (AvgIpc) is 2.43. The number of methoxy groups -OCH3 is 1. The minimum atomic E-state index is 0.134. The van der Waals surface area contributed by atoms with Gasteiger partial charge in [-0.1, -0.05) is 0 Å². The van der Waals surface area contributed by atoms with Crippen LogP contribution in [0.25, 0.3) is 0 Å². The summed E-state index contributed by atoms with van der Waals surface area (Å²) in [7, 11) is 1.70. The van der Waals surface area contributed by atoms with Crippen molar-refractivity contribution in [2.24, 2.45) is 5.73 Å². The second-order valence-electron chi connectivity index (χ2n) is 5.80. The molecule has 5 heteroatoms. The molecule has 0 amide bonds. The number of hydrogen-bond donors (Lipinski definition) is 1. The first-order chi connectivity index (χ1) is 9.10. The lowest BCUT2D eigenvalue weighted by atomic mass is 10.0. The maximum atomic E-state index is 5.83. The van der Waals surface area contributed by atoms with Crippen molar-refractivity contribution in [3.63, 3.8) is 0 Å². The normalized spacial score (nSPS) is 18.9. The summed E-state index contributed by atoms with van der Waals surface area (Å²) in [5.41, 5.74) is 5.96. The van der Waals surface area contributed by atoms with E-state index in [-0.39, 0.29) is 5.54 Å². The van der Waals surface area contributed by atoms with E-state index in [0.717, 1.165) is 52.3 Å². The Hall–Kier alpha value is -0.200. The largest absolute Gasteiger partial charge is 0.382 e. The molecule has 0 aromatic carbocycles. The van der Waals surface area contributed by atoms with Crippen LogP contribution >= 0.6 is 0 Å². The second-order valence-corrected chi connectivity index (χ2v) is 5.80. The van der Waals surface area contributed by atoms with E-state index < -0.39 is 0 Å². The number of rotatable bonds is 9. The minimum absolute atomic E-state index is 0.134. The Kier molecular flexibility index (Phi) is 7.87. The summed E-state index contributed by atoms with van der Waals surface area (Å²) in [5.74, 6) is 0. The molecule has 114 valence electrons. The van der Waals surface area contributed by atoms with Crippen molar-refractivity contribution in [3.05, 3.63) is 0 Å². The molecule has 1 aliphatic heterocycles. The second kappa shape index (κ2) is 8.87. The molecule has 1 fully saturated rings. The maximum absolute atomic E-state index is 5.83. The van der Waals surface area contributed by atoms with Crippen molar-refractivity contribution in [1.29, 1.82) is 0 Å². The zero-order chi connectivity index (χ0) is 14.1. The summed E-state index contributed by atoms with van der Waals surface area (Å²) in [4.78, 5) is 5.02. The molecule has 0 aromatic rings. The third-order valence-electron chi connectivity index (χ3n) is 3.92. The van der Waals surface area contributed by atoms with E-state index in [1.165, 1.54) is 0 Å². The Morgan fingerprint density at radius 3 is 2.32 bits per heavy atom. The van der Waals surface area contributed by atoms with Gasteiger partial charge in [0.25, 0.3) is 0 Å². The fourth-order valence-corrected chi connectivity index (χ4v) is 2.34. The average molecular weight is 273 g/mol. The van der Waals surface area contributed by atoms with E-state index in [1.54, 1.807) is 7.11 Å². The van der Waals surface area contributed by atoms with Gasteiger partial charge >= 0.3 is 0 Å². The van der Waals surface area contributed by atoms with Crippen LogP contribution in [-0.4, -0.2) is 81.5 Å². The number of hydrogen-bond acceptors (Lipinski definition) is 5. The molecule has 1 heterocycles. The highest BCUT2D eigenvalue weighted by molar-refractivity contribution is 4.86. The van der Waals surface area contributed by atoms with Crippen LogP contribution in [0.2, 0.25) is 0 Å². The topological polar surface area (TPSA) is 51.0 Å². The molecule has 0 unspecified atom stereocenters. The summed E-state index contributed by atoms with van der Waals surface area (Å²) in [5, 5.41) is 0. The van der Waals surface area contributed by atoms with Gasteiger partial charge in [0.15, 0.2) is 0 Å². The first-order valence-corrected chi connectivity index (χ1v) is 7.34. The third kappa shape index (κ3) is 6.19. The van der Waals surface area contributed by atoms with Gasteiger partial charge in [-0.15, -0.1) is 0 Å². The van der Waals surface area contributed by atoms with E-state index in [1.807, 2.05) is 0 Å². The summed E-state index contributed by atoms with van der Waals surface area (Å²) >= 11 is 0. The molecule has 1 aliphatic rings. The molecular formula is C14H31N3O2. The monoisotopic (exact) mass is 273 g/mol. The molecule has 0 aromatic heterocycles. The molecule has 19 heavy (non-hydrogen) atoms. The van der Waals surface area contributed by atoms with Gasteiger partial charge in [0.05, 0.1) is 13.2 Å². The first kappa shape index (κ1) is 16.9. The SMILES string of the molecule is COCCOCCCN1CCN(C(C)(C)CN)CC1. The molecule has 0 saturated carbocycles. The lowest BCUT2D eigenvalue weighted by molar-refractivity contribution is 0.0430. The van der Waals surface area contributed by atoms with Crippen LogP contribution in [0.15, 0.2) is 0 Å². The van der Waals surface area contributed by atoms with Crippen molar-refractivity contribution >= 4 is 0 Å². The fraction of sp³-hybridized carbons (Fsp3) is 1.00. The van der Waals surface area contributed by atoms with Crippen LogP contribution < -0.4 is 5.73 Å².